The SMILES string of the molecule is CC(C)C(=O)OCCOCC[N+](C)(C)C. The number of likely N-dealkylation sites (N-methyl/N-ethyl adjacent to an activating group) is 1. The lowest BCUT2D eigenvalue weighted by molar-refractivity contribution is -0.870. The van der Waals surface area contributed by atoms with Crippen LogP contribution in [0.25, 0.3) is 0 Å². The zero-order valence-corrected chi connectivity index (χ0v) is 10.6. The third-order valence-corrected chi connectivity index (χ3v) is 1.85. The second kappa shape index (κ2) is 6.80. The van der Waals surface area contributed by atoms with Gasteiger partial charge in [-0.15, -0.1) is 0 Å². The number of esters is 1. The average Bonchev–Trinajstić information content (AvgIpc) is 2.08. The fourth-order valence-electron chi connectivity index (χ4n) is 0.808. The summed E-state index contributed by atoms with van der Waals surface area (Å²) in [5, 5.41) is 0. The van der Waals surface area contributed by atoms with E-state index in [1.54, 1.807) is 0 Å². The summed E-state index contributed by atoms with van der Waals surface area (Å²) in [7, 11) is 6.34. The number of hydrogen-bond acceptors (Lipinski definition) is 3. The maximum atomic E-state index is 11.1. The third-order valence-electron chi connectivity index (χ3n) is 1.85. The molecule has 0 rings (SSSR count). The monoisotopic (exact) mass is 218 g/mol. The molecule has 0 spiro atoms. The molecule has 0 aliphatic rings. The number of hydrogen-bond donors (Lipinski definition) is 0. The van der Waals surface area contributed by atoms with Gasteiger partial charge in [-0.05, 0) is 0 Å². The first-order valence-corrected chi connectivity index (χ1v) is 5.38. The van der Waals surface area contributed by atoms with Gasteiger partial charge in [0.05, 0.1) is 40.3 Å². The normalized spacial score (nSPS) is 11.9. The van der Waals surface area contributed by atoms with Gasteiger partial charge in [0.15, 0.2) is 0 Å². The lowest BCUT2D eigenvalue weighted by atomic mass is 10.2. The summed E-state index contributed by atoms with van der Waals surface area (Å²) in [5.41, 5.74) is 0. The van der Waals surface area contributed by atoms with Gasteiger partial charge in [-0.1, -0.05) is 13.8 Å². The van der Waals surface area contributed by atoms with E-state index >= 15 is 0 Å². The van der Waals surface area contributed by atoms with E-state index in [-0.39, 0.29) is 11.9 Å². The van der Waals surface area contributed by atoms with E-state index in [9.17, 15) is 4.79 Å². The highest BCUT2D eigenvalue weighted by atomic mass is 16.6. The lowest BCUT2D eigenvalue weighted by Gasteiger charge is -2.23. The molecule has 0 fully saturated rings. The molecular weight excluding hydrogens is 194 g/mol. The number of quaternary nitrogens is 1. The first-order valence-electron chi connectivity index (χ1n) is 5.38. The minimum absolute atomic E-state index is 0.0590. The standard InChI is InChI=1S/C11H24NO3/c1-10(2)11(13)15-9-8-14-7-6-12(3,4)5/h10H,6-9H2,1-5H3/q+1. The maximum Gasteiger partial charge on any atom is 0.308 e. The molecule has 0 saturated heterocycles. The lowest BCUT2D eigenvalue weighted by Crippen LogP contribution is -2.37. The van der Waals surface area contributed by atoms with Crippen LogP contribution >= 0.6 is 0 Å². The van der Waals surface area contributed by atoms with Crippen molar-refractivity contribution in [2.24, 2.45) is 5.92 Å². The summed E-state index contributed by atoms with van der Waals surface area (Å²) < 4.78 is 11.2. The highest BCUT2D eigenvalue weighted by molar-refractivity contribution is 5.71. The van der Waals surface area contributed by atoms with Crippen LogP contribution in [0, 0.1) is 5.92 Å². The molecule has 0 atom stereocenters. The zero-order valence-electron chi connectivity index (χ0n) is 10.6. The Hall–Kier alpha value is -0.610. The van der Waals surface area contributed by atoms with Crippen molar-refractivity contribution in [3.05, 3.63) is 0 Å². The van der Waals surface area contributed by atoms with E-state index < -0.39 is 0 Å². The molecule has 0 unspecified atom stereocenters. The molecule has 0 aromatic heterocycles. The molecule has 0 amide bonds. The molecule has 0 aliphatic heterocycles. The van der Waals surface area contributed by atoms with Crippen molar-refractivity contribution in [1.82, 2.24) is 0 Å². The summed E-state index contributed by atoms with van der Waals surface area (Å²) in [6.07, 6.45) is 0. The third kappa shape index (κ3) is 9.69. The number of nitrogens with zero attached hydrogens (tertiary/aromatic N) is 1. The molecule has 15 heavy (non-hydrogen) atoms. The highest BCUT2D eigenvalue weighted by Crippen LogP contribution is 1.95. The van der Waals surface area contributed by atoms with Crippen molar-refractivity contribution >= 4 is 5.97 Å². The van der Waals surface area contributed by atoms with Gasteiger partial charge in [0.25, 0.3) is 0 Å². The van der Waals surface area contributed by atoms with Crippen molar-refractivity contribution in [2.45, 2.75) is 13.8 Å². The zero-order chi connectivity index (χ0) is 11.9. The largest absolute Gasteiger partial charge is 0.463 e. The Bertz CT molecular complexity index is 185. The van der Waals surface area contributed by atoms with Gasteiger partial charge < -0.3 is 14.0 Å². The van der Waals surface area contributed by atoms with Crippen LogP contribution < -0.4 is 0 Å². The van der Waals surface area contributed by atoms with Crippen LogP contribution in [0.4, 0.5) is 0 Å². The van der Waals surface area contributed by atoms with Crippen LogP contribution in [0.2, 0.25) is 0 Å². The molecule has 0 aromatic rings. The Morgan fingerprint density at radius 1 is 1.13 bits per heavy atom. The van der Waals surface area contributed by atoms with Crippen LogP contribution in [0.3, 0.4) is 0 Å². The van der Waals surface area contributed by atoms with Gasteiger partial charge in [0.2, 0.25) is 0 Å². The molecule has 0 N–H and O–H groups in total. The van der Waals surface area contributed by atoms with Crippen LogP contribution in [-0.4, -0.2) is 58.0 Å². The Kier molecular flexibility index (Phi) is 6.52. The second-order valence-electron chi connectivity index (χ2n) is 4.95. The van der Waals surface area contributed by atoms with E-state index in [0.717, 1.165) is 11.0 Å². The first kappa shape index (κ1) is 14.4. The second-order valence-corrected chi connectivity index (χ2v) is 4.95. The van der Waals surface area contributed by atoms with Gasteiger partial charge in [0.1, 0.15) is 13.2 Å². The van der Waals surface area contributed by atoms with E-state index in [2.05, 4.69) is 21.1 Å². The maximum absolute atomic E-state index is 11.1. The predicted molar refractivity (Wildman–Crippen MR) is 59.5 cm³/mol. The van der Waals surface area contributed by atoms with E-state index in [4.69, 9.17) is 9.47 Å². The first-order chi connectivity index (χ1) is 6.83. The Balaban J connectivity index is 3.30. The molecule has 0 aromatic carbocycles. The van der Waals surface area contributed by atoms with Crippen molar-refractivity contribution in [1.29, 1.82) is 0 Å². The van der Waals surface area contributed by atoms with Gasteiger partial charge in [-0.3, -0.25) is 4.79 Å². The smallest absolute Gasteiger partial charge is 0.308 e. The molecule has 90 valence electrons. The summed E-state index contributed by atoms with van der Waals surface area (Å²) in [5.74, 6) is -0.221. The molecule has 0 saturated carbocycles. The Labute approximate surface area is 92.7 Å². The van der Waals surface area contributed by atoms with Gasteiger partial charge in [-0.2, -0.15) is 0 Å². The van der Waals surface area contributed by atoms with Gasteiger partial charge in [0, 0.05) is 0 Å². The number of carbonyl (C=O) groups is 1. The molecule has 0 bridgehead atoms. The number of ether oxygens (including phenoxy) is 2. The molecule has 4 nitrogen and oxygen atoms in total. The van der Waals surface area contributed by atoms with Crippen LogP contribution in [0.1, 0.15) is 13.8 Å². The quantitative estimate of drug-likeness (QED) is 0.362. The van der Waals surface area contributed by atoms with Crippen LogP contribution in [-0.2, 0) is 14.3 Å². The highest BCUT2D eigenvalue weighted by Gasteiger charge is 2.08. The molecular formula is C11H24NO3+. The van der Waals surface area contributed by atoms with Crippen molar-refractivity contribution in [3.8, 4) is 0 Å². The minimum atomic E-state index is -0.162. The van der Waals surface area contributed by atoms with Gasteiger partial charge >= 0.3 is 5.97 Å². The fraction of sp³-hybridized carbons (Fsp3) is 0.909. The molecule has 4 heteroatoms. The van der Waals surface area contributed by atoms with Crippen LogP contribution in [0.15, 0.2) is 0 Å². The van der Waals surface area contributed by atoms with E-state index in [0.29, 0.717) is 19.8 Å². The summed E-state index contributed by atoms with van der Waals surface area (Å²) >= 11 is 0. The number of carbonyl (C=O) groups excluding carboxylic acids is 1. The summed E-state index contributed by atoms with van der Waals surface area (Å²) in [6, 6.07) is 0. The topological polar surface area (TPSA) is 35.5 Å². The van der Waals surface area contributed by atoms with Gasteiger partial charge in [-0.25, -0.2) is 0 Å². The van der Waals surface area contributed by atoms with Crippen molar-refractivity contribution in [2.75, 3.05) is 47.5 Å². The van der Waals surface area contributed by atoms with Crippen molar-refractivity contribution < 1.29 is 18.8 Å². The molecule has 0 heterocycles. The summed E-state index contributed by atoms with van der Waals surface area (Å²) in [6.45, 7) is 6.13. The Morgan fingerprint density at radius 3 is 2.20 bits per heavy atom. The fourth-order valence-corrected chi connectivity index (χ4v) is 0.808. The minimum Gasteiger partial charge on any atom is -0.463 e. The predicted octanol–water partition coefficient (Wildman–Crippen LogP) is 0.908. The van der Waals surface area contributed by atoms with Crippen LogP contribution in [0.5, 0.6) is 0 Å². The Morgan fingerprint density at radius 2 is 1.73 bits per heavy atom. The average molecular weight is 218 g/mol. The summed E-state index contributed by atoms with van der Waals surface area (Å²) in [4.78, 5) is 11.1. The van der Waals surface area contributed by atoms with Crippen molar-refractivity contribution in [3.63, 3.8) is 0 Å². The number of rotatable bonds is 7. The molecule has 0 radical (unpaired) electrons. The van der Waals surface area contributed by atoms with E-state index in [1.807, 2.05) is 13.8 Å². The van der Waals surface area contributed by atoms with E-state index in [1.165, 1.54) is 0 Å². The molecule has 0 aliphatic carbocycles.